The van der Waals surface area contributed by atoms with Crippen molar-refractivity contribution in [2.75, 3.05) is 26.3 Å². The van der Waals surface area contributed by atoms with Gasteiger partial charge in [0.05, 0.1) is 31.3 Å². The lowest BCUT2D eigenvalue weighted by molar-refractivity contribution is -0.178. The summed E-state index contributed by atoms with van der Waals surface area (Å²) in [5.41, 5.74) is -1.66. The SMILES string of the molecule is CCOC(=O)C1(C)CN(C(=O)NC2CCC(=O)NC2(C)C)CCO1. The van der Waals surface area contributed by atoms with Gasteiger partial charge >= 0.3 is 12.0 Å². The van der Waals surface area contributed by atoms with Gasteiger partial charge in [-0.1, -0.05) is 0 Å². The zero-order valence-electron chi connectivity index (χ0n) is 14.8. The zero-order chi connectivity index (χ0) is 18.0. The molecule has 0 aliphatic carbocycles. The lowest BCUT2D eigenvalue weighted by Crippen LogP contribution is -2.65. The van der Waals surface area contributed by atoms with Gasteiger partial charge in [0, 0.05) is 13.0 Å². The zero-order valence-corrected chi connectivity index (χ0v) is 14.8. The number of nitrogens with zero attached hydrogens (tertiary/aromatic N) is 1. The minimum absolute atomic E-state index is 0.00763. The largest absolute Gasteiger partial charge is 0.464 e. The van der Waals surface area contributed by atoms with Crippen molar-refractivity contribution < 1.29 is 23.9 Å². The van der Waals surface area contributed by atoms with E-state index in [4.69, 9.17) is 9.47 Å². The van der Waals surface area contributed by atoms with Gasteiger partial charge < -0.3 is 25.0 Å². The summed E-state index contributed by atoms with van der Waals surface area (Å²) in [7, 11) is 0. The van der Waals surface area contributed by atoms with E-state index in [1.165, 1.54) is 0 Å². The van der Waals surface area contributed by atoms with Crippen LogP contribution in [0.3, 0.4) is 0 Å². The Kier molecular flexibility index (Phi) is 5.37. The summed E-state index contributed by atoms with van der Waals surface area (Å²) in [5, 5.41) is 5.87. The molecule has 24 heavy (non-hydrogen) atoms. The van der Waals surface area contributed by atoms with Crippen LogP contribution in [0.4, 0.5) is 4.79 Å². The highest BCUT2D eigenvalue weighted by Crippen LogP contribution is 2.22. The Balaban J connectivity index is 1.99. The van der Waals surface area contributed by atoms with E-state index in [0.717, 1.165) is 0 Å². The molecule has 8 heteroatoms. The second kappa shape index (κ2) is 6.96. The van der Waals surface area contributed by atoms with Crippen molar-refractivity contribution in [2.24, 2.45) is 0 Å². The molecule has 2 heterocycles. The van der Waals surface area contributed by atoms with Gasteiger partial charge in [-0.05, 0) is 34.1 Å². The number of rotatable bonds is 3. The van der Waals surface area contributed by atoms with E-state index in [2.05, 4.69) is 10.6 Å². The highest BCUT2D eigenvalue weighted by atomic mass is 16.6. The number of hydrogen-bond donors (Lipinski definition) is 2. The number of carbonyl (C=O) groups is 3. The fourth-order valence-electron chi connectivity index (χ4n) is 3.09. The van der Waals surface area contributed by atoms with Crippen LogP contribution in [0.5, 0.6) is 0 Å². The first-order valence-electron chi connectivity index (χ1n) is 8.35. The van der Waals surface area contributed by atoms with Gasteiger partial charge in [-0.3, -0.25) is 4.79 Å². The molecule has 8 nitrogen and oxygen atoms in total. The number of nitrogens with one attached hydrogen (secondary N) is 2. The van der Waals surface area contributed by atoms with Crippen molar-refractivity contribution in [3.63, 3.8) is 0 Å². The average molecular weight is 341 g/mol. The predicted molar refractivity (Wildman–Crippen MR) is 86.3 cm³/mol. The molecule has 2 atom stereocenters. The molecule has 0 aromatic rings. The third-order valence-electron chi connectivity index (χ3n) is 4.56. The van der Waals surface area contributed by atoms with Gasteiger partial charge in [-0.2, -0.15) is 0 Å². The molecular formula is C16H27N3O5. The molecule has 3 amide bonds. The Hall–Kier alpha value is -1.83. The van der Waals surface area contributed by atoms with Gasteiger partial charge in [-0.25, -0.2) is 9.59 Å². The molecule has 0 spiro atoms. The summed E-state index contributed by atoms with van der Waals surface area (Å²) in [4.78, 5) is 37.8. The molecule has 2 fully saturated rings. The standard InChI is InChI=1S/C16H27N3O5/c1-5-23-13(21)16(4)10-19(8-9-24-16)14(22)17-11-6-7-12(20)18-15(11,2)3/h11H,5-10H2,1-4H3,(H,17,22)(H,18,20). The first-order chi connectivity index (χ1) is 11.2. The van der Waals surface area contributed by atoms with Crippen LogP contribution in [0.1, 0.15) is 40.5 Å². The summed E-state index contributed by atoms with van der Waals surface area (Å²) in [6, 6.07) is -0.428. The van der Waals surface area contributed by atoms with Crippen LogP contribution in [0.25, 0.3) is 0 Å². The second-order valence-electron chi connectivity index (χ2n) is 7.03. The molecule has 2 unspecified atom stereocenters. The molecule has 2 aliphatic heterocycles. The van der Waals surface area contributed by atoms with Crippen LogP contribution in [0, 0.1) is 0 Å². The fourth-order valence-corrected chi connectivity index (χ4v) is 3.09. The molecule has 136 valence electrons. The first kappa shape index (κ1) is 18.5. The summed E-state index contributed by atoms with van der Waals surface area (Å²) in [6.07, 6.45) is 0.974. The van der Waals surface area contributed by atoms with E-state index in [9.17, 15) is 14.4 Å². The molecule has 0 aromatic heterocycles. The van der Waals surface area contributed by atoms with Crippen LogP contribution in [0.2, 0.25) is 0 Å². The number of esters is 1. The van der Waals surface area contributed by atoms with E-state index in [0.29, 0.717) is 19.4 Å². The summed E-state index contributed by atoms with van der Waals surface area (Å²) < 4.78 is 10.6. The molecule has 2 N–H and O–H groups in total. The molecule has 2 rings (SSSR count). The molecule has 0 aromatic carbocycles. The van der Waals surface area contributed by atoms with E-state index < -0.39 is 17.1 Å². The molecular weight excluding hydrogens is 314 g/mol. The van der Waals surface area contributed by atoms with E-state index in [1.807, 2.05) is 13.8 Å². The Morgan fingerprint density at radius 1 is 1.42 bits per heavy atom. The highest BCUT2D eigenvalue weighted by Gasteiger charge is 2.43. The first-order valence-corrected chi connectivity index (χ1v) is 8.35. The monoisotopic (exact) mass is 341 g/mol. The Morgan fingerprint density at radius 3 is 2.75 bits per heavy atom. The fraction of sp³-hybridized carbons (Fsp3) is 0.812. The summed E-state index contributed by atoms with van der Waals surface area (Å²) in [6.45, 7) is 8.21. The van der Waals surface area contributed by atoms with Crippen molar-refractivity contribution in [3.05, 3.63) is 0 Å². The smallest absolute Gasteiger partial charge is 0.339 e. The number of piperidine rings is 1. The summed E-state index contributed by atoms with van der Waals surface area (Å²) >= 11 is 0. The topological polar surface area (TPSA) is 97.0 Å². The molecule has 0 saturated carbocycles. The lowest BCUT2D eigenvalue weighted by atomic mass is 9.87. The van der Waals surface area contributed by atoms with Gasteiger partial charge in [-0.15, -0.1) is 0 Å². The maximum absolute atomic E-state index is 12.6. The second-order valence-corrected chi connectivity index (χ2v) is 7.03. The van der Waals surface area contributed by atoms with Crippen LogP contribution in [0.15, 0.2) is 0 Å². The van der Waals surface area contributed by atoms with Crippen LogP contribution in [-0.4, -0.2) is 66.3 Å². The van der Waals surface area contributed by atoms with Gasteiger partial charge in [0.2, 0.25) is 5.91 Å². The number of carbonyl (C=O) groups excluding carboxylic acids is 3. The number of urea groups is 1. The van der Waals surface area contributed by atoms with E-state index >= 15 is 0 Å². The molecule has 0 radical (unpaired) electrons. The third-order valence-corrected chi connectivity index (χ3v) is 4.56. The van der Waals surface area contributed by atoms with Crippen molar-refractivity contribution >= 4 is 17.9 Å². The summed E-state index contributed by atoms with van der Waals surface area (Å²) in [5.74, 6) is -0.473. The predicted octanol–water partition coefficient (Wildman–Crippen LogP) is 0.407. The molecule has 2 aliphatic rings. The third kappa shape index (κ3) is 3.98. The normalized spacial score (nSPS) is 29.6. The van der Waals surface area contributed by atoms with E-state index in [1.54, 1.807) is 18.7 Å². The maximum Gasteiger partial charge on any atom is 0.339 e. The quantitative estimate of drug-likeness (QED) is 0.725. The minimum Gasteiger partial charge on any atom is -0.464 e. The Morgan fingerprint density at radius 2 is 2.12 bits per heavy atom. The van der Waals surface area contributed by atoms with Crippen molar-refractivity contribution in [1.82, 2.24) is 15.5 Å². The van der Waals surface area contributed by atoms with Crippen molar-refractivity contribution in [2.45, 2.75) is 57.7 Å². The van der Waals surface area contributed by atoms with Crippen LogP contribution in [-0.2, 0) is 19.1 Å². The van der Waals surface area contributed by atoms with Crippen molar-refractivity contribution in [1.29, 1.82) is 0 Å². The average Bonchev–Trinajstić information content (AvgIpc) is 2.49. The maximum atomic E-state index is 12.6. The number of ether oxygens (including phenoxy) is 2. The number of morpholine rings is 1. The lowest BCUT2D eigenvalue weighted by Gasteiger charge is -2.42. The van der Waals surface area contributed by atoms with E-state index in [-0.39, 0.29) is 37.7 Å². The van der Waals surface area contributed by atoms with Gasteiger partial charge in [0.15, 0.2) is 5.60 Å². The molecule has 0 bridgehead atoms. The van der Waals surface area contributed by atoms with Crippen molar-refractivity contribution in [3.8, 4) is 0 Å². The Labute approximate surface area is 142 Å². The van der Waals surface area contributed by atoms with Gasteiger partial charge in [0.25, 0.3) is 0 Å². The van der Waals surface area contributed by atoms with Crippen LogP contribution >= 0.6 is 0 Å². The highest BCUT2D eigenvalue weighted by molar-refractivity contribution is 5.82. The molecule has 2 saturated heterocycles. The Bertz CT molecular complexity index is 522. The minimum atomic E-state index is -1.15. The van der Waals surface area contributed by atoms with Crippen LogP contribution < -0.4 is 10.6 Å². The number of amides is 3. The number of hydrogen-bond acceptors (Lipinski definition) is 5. The van der Waals surface area contributed by atoms with Gasteiger partial charge in [0.1, 0.15) is 0 Å².